The summed E-state index contributed by atoms with van der Waals surface area (Å²) in [6.45, 7) is 4.80. The summed E-state index contributed by atoms with van der Waals surface area (Å²) in [5, 5.41) is 3.92. The molecule has 1 fully saturated rings. The second-order valence-electron chi connectivity index (χ2n) is 6.12. The van der Waals surface area contributed by atoms with Gasteiger partial charge >= 0.3 is 0 Å². The van der Waals surface area contributed by atoms with Gasteiger partial charge in [0.25, 0.3) is 0 Å². The first kappa shape index (κ1) is 12.7. The van der Waals surface area contributed by atoms with Crippen LogP contribution in [-0.4, -0.2) is 6.04 Å². The fraction of sp³-hybridized carbons (Fsp3) is 0.625. The van der Waals surface area contributed by atoms with Crippen molar-refractivity contribution < 1.29 is 0 Å². The Morgan fingerprint density at radius 3 is 2.72 bits per heavy atom. The molecule has 0 spiro atoms. The third-order valence-corrected chi connectivity index (χ3v) is 5.56. The number of hydrogen-bond acceptors (Lipinski definition) is 1. The van der Waals surface area contributed by atoms with Gasteiger partial charge in [-0.2, -0.15) is 0 Å². The highest BCUT2D eigenvalue weighted by Gasteiger charge is 2.33. The van der Waals surface area contributed by atoms with Crippen LogP contribution >= 0.6 is 15.9 Å². The van der Waals surface area contributed by atoms with Crippen molar-refractivity contribution in [1.82, 2.24) is 5.32 Å². The normalized spacial score (nSPS) is 34.8. The largest absolute Gasteiger partial charge is 0.307 e. The number of benzene rings is 1. The molecule has 3 rings (SSSR count). The van der Waals surface area contributed by atoms with Crippen molar-refractivity contribution >= 4 is 15.9 Å². The SMILES string of the molecule is CC1CCC(NC2CCc3cc(Br)ccc32)C1C. The van der Waals surface area contributed by atoms with E-state index in [1.54, 1.807) is 0 Å². The smallest absolute Gasteiger partial charge is 0.0328 e. The van der Waals surface area contributed by atoms with E-state index in [0.29, 0.717) is 6.04 Å². The third-order valence-electron chi connectivity index (χ3n) is 5.06. The zero-order valence-corrected chi connectivity index (χ0v) is 12.8. The molecule has 1 saturated carbocycles. The van der Waals surface area contributed by atoms with Gasteiger partial charge in [0, 0.05) is 16.6 Å². The number of halogens is 1. The first-order valence-electron chi connectivity index (χ1n) is 7.19. The van der Waals surface area contributed by atoms with E-state index in [1.807, 2.05) is 0 Å². The lowest BCUT2D eigenvalue weighted by Gasteiger charge is -2.24. The first-order chi connectivity index (χ1) is 8.65. The van der Waals surface area contributed by atoms with Crippen molar-refractivity contribution in [3.8, 4) is 0 Å². The van der Waals surface area contributed by atoms with Crippen molar-refractivity contribution in [2.75, 3.05) is 0 Å². The number of nitrogens with one attached hydrogen (secondary N) is 1. The number of aryl methyl sites for hydroxylation is 1. The maximum atomic E-state index is 3.92. The summed E-state index contributed by atoms with van der Waals surface area (Å²) < 4.78 is 1.21. The Bertz CT molecular complexity index is 443. The minimum atomic E-state index is 0.589. The van der Waals surface area contributed by atoms with E-state index in [4.69, 9.17) is 0 Å². The highest BCUT2D eigenvalue weighted by Crippen LogP contribution is 2.37. The van der Waals surface area contributed by atoms with Crippen LogP contribution in [0.25, 0.3) is 0 Å². The predicted molar refractivity (Wildman–Crippen MR) is 79.7 cm³/mol. The van der Waals surface area contributed by atoms with Crippen LogP contribution in [0, 0.1) is 11.8 Å². The Morgan fingerprint density at radius 2 is 2.00 bits per heavy atom. The van der Waals surface area contributed by atoms with Gasteiger partial charge in [0.2, 0.25) is 0 Å². The van der Waals surface area contributed by atoms with E-state index >= 15 is 0 Å². The molecule has 4 atom stereocenters. The molecule has 4 unspecified atom stereocenters. The van der Waals surface area contributed by atoms with Crippen LogP contribution in [0.2, 0.25) is 0 Å². The van der Waals surface area contributed by atoms with Crippen molar-refractivity contribution in [1.29, 1.82) is 0 Å². The molecular weight excluding hydrogens is 286 g/mol. The Balaban J connectivity index is 1.73. The second-order valence-corrected chi connectivity index (χ2v) is 7.04. The lowest BCUT2D eigenvalue weighted by molar-refractivity contribution is 0.338. The molecule has 1 aromatic rings. The number of fused-ring (bicyclic) bond motifs is 1. The fourth-order valence-electron chi connectivity index (χ4n) is 3.62. The summed E-state index contributed by atoms with van der Waals surface area (Å²) in [5.41, 5.74) is 3.06. The maximum absolute atomic E-state index is 3.92. The lowest BCUT2D eigenvalue weighted by Crippen LogP contribution is -2.34. The van der Waals surface area contributed by atoms with Crippen LogP contribution in [0.1, 0.15) is 50.3 Å². The van der Waals surface area contributed by atoms with E-state index in [1.165, 1.54) is 41.3 Å². The van der Waals surface area contributed by atoms with Gasteiger partial charge in [-0.25, -0.2) is 0 Å². The molecule has 0 radical (unpaired) electrons. The molecule has 98 valence electrons. The van der Waals surface area contributed by atoms with Gasteiger partial charge in [0.05, 0.1) is 0 Å². The number of hydrogen-bond donors (Lipinski definition) is 1. The Hall–Kier alpha value is -0.340. The van der Waals surface area contributed by atoms with Gasteiger partial charge in [0.15, 0.2) is 0 Å². The average molecular weight is 308 g/mol. The molecule has 0 bridgehead atoms. The quantitative estimate of drug-likeness (QED) is 0.850. The molecular formula is C16H22BrN. The summed E-state index contributed by atoms with van der Waals surface area (Å²) >= 11 is 3.57. The van der Waals surface area contributed by atoms with Crippen LogP contribution in [-0.2, 0) is 6.42 Å². The number of rotatable bonds is 2. The van der Waals surface area contributed by atoms with Gasteiger partial charge in [0.1, 0.15) is 0 Å². The van der Waals surface area contributed by atoms with Gasteiger partial charge in [-0.3, -0.25) is 0 Å². The fourth-order valence-corrected chi connectivity index (χ4v) is 4.03. The van der Waals surface area contributed by atoms with E-state index in [9.17, 15) is 0 Å². The van der Waals surface area contributed by atoms with E-state index in [0.717, 1.165) is 17.9 Å². The van der Waals surface area contributed by atoms with Gasteiger partial charge in [-0.15, -0.1) is 0 Å². The van der Waals surface area contributed by atoms with Crippen LogP contribution in [0.3, 0.4) is 0 Å². The van der Waals surface area contributed by atoms with Crippen LogP contribution < -0.4 is 5.32 Å². The molecule has 0 aromatic heterocycles. The van der Waals surface area contributed by atoms with Gasteiger partial charge in [-0.1, -0.05) is 35.8 Å². The molecule has 2 heteroatoms. The lowest BCUT2D eigenvalue weighted by atomic mass is 9.96. The Kier molecular flexibility index (Phi) is 3.50. The molecule has 1 nitrogen and oxygen atoms in total. The summed E-state index contributed by atoms with van der Waals surface area (Å²) in [7, 11) is 0. The molecule has 0 amide bonds. The zero-order chi connectivity index (χ0) is 12.7. The summed E-state index contributed by atoms with van der Waals surface area (Å²) in [6.07, 6.45) is 5.23. The van der Waals surface area contributed by atoms with Crippen LogP contribution in [0.15, 0.2) is 22.7 Å². The molecule has 2 aliphatic rings. The van der Waals surface area contributed by atoms with Crippen molar-refractivity contribution in [3.63, 3.8) is 0 Å². The Morgan fingerprint density at radius 1 is 1.17 bits per heavy atom. The van der Waals surface area contributed by atoms with Crippen molar-refractivity contribution in [2.24, 2.45) is 11.8 Å². The molecule has 2 aliphatic carbocycles. The standard InChI is InChI=1S/C16H22BrN/c1-10-3-7-15(11(10)2)18-16-8-4-12-9-13(17)5-6-14(12)16/h5-6,9-11,15-16,18H,3-4,7-8H2,1-2H3. The van der Waals surface area contributed by atoms with Gasteiger partial charge in [-0.05, 0) is 60.8 Å². The van der Waals surface area contributed by atoms with Crippen molar-refractivity contribution in [3.05, 3.63) is 33.8 Å². The van der Waals surface area contributed by atoms with Crippen LogP contribution in [0.5, 0.6) is 0 Å². The monoisotopic (exact) mass is 307 g/mol. The maximum Gasteiger partial charge on any atom is 0.0328 e. The molecule has 18 heavy (non-hydrogen) atoms. The summed E-state index contributed by atoms with van der Waals surface area (Å²) in [6, 6.07) is 8.08. The minimum Gasteiger partial charge on any atom is -0.307 e. The highest BCUT2D eigenvalue weighted by atomic mass is 79.9. The molecule has 0 heterocycles. The summed E-state index contributed by atoms with van der Waals surface area (Å²) in [4.78, 5) is 0. The average Bonchev–Trinajstić information content (AvgIpc) is 2.88. The minimum absolute atomic E-state index is 0.589. The van der Waals surface area contributed by atoms with E-state index in [-0.39, 0.29) is 0 Å². The van der Waals surface area contributed by atoms with Gasteiger partial charge < -0.3 is 5.32 Å². The summed E-state index contributed by atoms with van der Waals surface area (Å²) in [5.74, 6) is 1.71. The first-order valence-corrected chi connectivity index (χ1v) is 7.99. The highest BCUT2D eigenvalue weighted by molar-refractivity contribution is 9.10. The Labute approximate surface area is 118 Å². The predicted octanol–water partition coefficient (Wildman–Crippen LogP) is 4.46. The molecule has 1 aromatic carbocycles. The van der Waals surface area contributed by atoms with E-state index < -0.39 is 0 Å². The van der Waals surface area contributed by atoms with Crippen molar-refractivity contribution in [2.45, 2.75) is 51.6 Å². The van der Waals surface area contributed by atoms with Crippen LogP contribution in [0.4, 0.5) is 0 Å². The topological polar surface area (TPSA) is 12.0 Å². The molecule has 0 saturated heterocycles. The third kappa shape index (κ3) is 2.25. The van der Waals surface area contributed by atoms with E-state index in [2.05, 4.69) is 53.3 Å². The molecule has 0 aliphatic heterocycles. The zero-order valence-electron chi connectivity index (χ0n) is 11.2. The second kappa shape index (κ2) is 4.97. The molecule has 1 N–H and O–H groups in total.